The van der Waals surface area contributed by atoms with Crippen molar-refractivity contribution in [3.8, 4) is 11.5 Å². The summed E-state index contributed by atoms with van der Waals surface area (Å²) in [5.41, 5.74) is 7.08. The van der Waals surface area contributed by atoms with Crippen LogP contribution in [0.5, 0.6) is 11.5 Å². The van der Waals surface area contributed by atoms with Gasteiger partial charge in [0.1, 0.15) is 26.9 Å². The van der Waals surface area contributed by atoms with Crippen LogP contribution in [0.25, 0.3) is 10.8 Å². The molecule has 0 unspecified atom stereocenters. The maximum Gasteiger partial charge on any atom is 0.296 e. The predicted molar refractivity (Wildman–Crippen MR) is 205 cm³/mol. The smallest absolute Gasteiger partial charge is 0.296 e. The zero-order valence-electron chi connectivity index (χ0n) is 28.2. The number of phenols is 2. The molecule has 0 bridgehead atoms. The fourth-order valence-corrected chi connectivity index (χ4v) is 7.26. The maximum absolute atomic E-state index is 12.4. The minimum atomic E-state index is -5.10. The Morgan fingerprint density at radius 3 is 1.85 bits per heavy atom. The minimum Gasteiger partial charge on any atom is -0.506 e. The van der Waals surface area contributed by atoms with E-state index in [0.29, 0.717) is 17.1 Å². The number of benzene rings is 6. The molecular weight excluding hydrogens is 775 g/mol. The lowest BCUT2D eigenvalue weighted by Gasteiger charge is -2.12. The molecule has 0 atom stereocenters. The Morgan fingerprint density at radius 2 is 1.22 bits per heavy atom. The third-order valence-electron chi connectivity index (χ3n) is 7.83. The second kappa shape index (κ2) is 14.8. The maximum atomic E-state index is 12.4. The number of nitrogens with two attached hydrogens (primary N) is 1. The Labute approximate surface area is 314 Å². The molecule has 8 N–H and O–H groups in total. The SMILES string of the molecule is CS(=O)(=O)c1cc(N)c2c(O)c(N=Nc3ccc(Nc4ccc(N=Nc5ccc(Nc6ccccc6)cc5O)cc4)c(S(=O)(=O)O)c3)c(S(=O)(=O)O)cc2c1. The third kappa shape index (κ3) is 8.86. The molecule has 0 heterocycles. The van der Waals surface area contributed by atoms with Gasteiger partial charge < -0.3 is 26.6 Å². The molecule has 0 aliphatic heterocycles. The number of nitrogen functional groups attached to an aromatic ring is 1. The molecule has 20 heteroatoms. The van der Waals surface area contributed by atoms with Crippen molar-refractivity contribution < 1.29 is 44.6 Å². The normalized spacial score (nSPS) is 12.4. The Morgan fingerprint density at radius 1 is 0.600 bits per heavy atom. The van der Waals surface area contributed by atoms with Crippen molar-refractivity contribution in [1.29, 1.82) is 0 Å². The molecule has 0 aliphatic rings. The molecule has 0 saturated heterocycles. The molecule has 0 amide bonds. The number of nitrogens with zero attached hydrogens (tertiary/aromatic N) is 4. The van der Waals surface area contributed by atoms with Crippen molar-refractivity contribution in [3.05, 3.63) is 109 Å². The first-order valence-corrected chi connectivity index (χ1v) is 20.4. The summed E-state index contributed by atoms with van der Waals surface area (Å²) in [6.45, 7) is 0. The summed E-state index contributed by atoms with van der Waals surface area (Å²) in [4.78, 5) is -1.88. The van der Waals surface area contributed by atoms with Gasteiger partial charge in [0.05, 0.1) is 22.0 Å². The van der Waals surface area contributed by atoms with Gasteiger partial charge in [-0.2, -0.15) is 27.1 Å². The number of aromatic hydroxyl groups is 2. The quantitative estimate of drug-likeness (QED) is 0.0371. The van der Waals surface area contributed by atoms with Crippen LogP contribution in [0, 0.1) is 0 Å². The van der Waals surface area contributed by atoms with Crippen LogP contribution in [-0.2, 0) is 30.1 Å². The van der Waals surface area contributed by atoms with Gasteiger partial charge in [0.2, 0.25) is 0 Å². The Hall–Kier alpha value is -6.45. The molecule has 6 aromatic rings. The lowest BCUT2D eigenvalue weighted by molar-refractivity contribution is 0.472. The Balaban J connectivity index is 1.24. The van der Waals surface area contributed by atoms with Crippen LogP contribution in [-0.4, -0.2) is 50.8 Å². The highest BCUT2D eigenvalue weighted by Gasteiger charge is 2.25. The first-order chi connectivity index (χ1) is 25.9. The van der Waals surface area contributed by atoms with Gasteiger partial charge in [-0.25, -0.2) is 8.42 Å². The lowest BCUT2D eigenvalue weighted by Crippen LogP contribution is -2.03. The first kappa shape index (κ1) is 38.3. The van der Waals surface area contributed by atoms with Crippen LogP contribution in [0.4, 0.5) is 51.2 Å². The van der Waals surface area contributed by atoms with E-state index >= 15 is 0 Å². The van der Waals surface area contributed by atoms with E-state index in [9.17, 15) is 44.6 Å². The number of hydrogen-bond donors (Lipinski definition) is 7. The van der Waals surface area contributed by atoms with E-state index in [-0.39, 0.29) is 44.2 Å². The minimum absolute atomic E-state index is 0.0911. The average molecular weight is 804 g/mol. The van der Waals surface area contributed by atoms with Gasteiger partial charge in [0, 0.05) is 40.5 Å². The topological polar surface area (TPSA) is 283 Å². The van der Waals surface area contributed by atoms with Gasteiger partial charge in [-0.15, -0.1) is 10.2 Å². The summed E-state index contributed by atoms with van der Waals surface area (Å²) in [6.07, 6.45) is 0.895. The van der Waals surface area contributed by atoms with E-state index < -0.39 is 51.3 Å². The number of nitrogens with one attached hydrogen (secondary N) is 2. The van der Waals surface area contributed by atoms with Crippen molar-refractivity contribution >= 4 is 92.0 Å². The summed E-state index contributed by atoms with van der Waals surface area (Å²) in [6, 6.07) is 26.8. The van der Waals surface area contributed by atoms with Gasteiger partial charge in [0.15, 0.2) is 15.6 Å². The van der Waals surface area contributed by atoms with Gasteiger partial charge in [-0.05, 0) is 90.3 Å². The fraction of sp³-hybridized carbons (Fsp3) is 0.0286. The number of azo groups is 2. The zero-order chi connectivity index (χ0) is 39.7. The highest BCUT2D eigenvalue weighted by molar-refractivity contribution is 7.90. The largest absolute Gasteiger partial charge is 0.506 e. The number of para-hydroxylation sites is 1. The lowest BCUT2D eigenvalue weighted by atomic mass is 10.1. The molecule has 55 heavy (non-hydrogen) atoms. The molecule has 0 aliphatic carbocycles. The summed E-state index contributed by atoms with van der Waals surface area (Å²) in [7, 11) is -13.8. The number of sulfone groups is 1. The molecule has 0 saturated carbocycles. The summed E-state index contributed by atoms with van der Waals surface area (Å²) in [5.74, 6) is -0.972. The molecule has 0 fully saturated rings. The van der Waals surface area contributed by atoms with Crippen LogP contribution >= 0.6 is 0 Å². The first-order valence-electron chi connectivity index (χ1n) is 15.6. The van der Waals surface area contributed by atoms with Crippen molar-refractivity contribution in [2.24, 2.45) is 20.5 Å². The zero-order valence-corrected chi connectivity index (χ0v) is 30.7. The number of anilines is 5. The molecule has 0 radical (unpaired) electrons. The highest BCUT2D eigenvalue weighted by Crippen LogP contribution is 2.44. The highest BCUT2D eigenvalue weighted by atomic mass is 32.2. The number of fused-ring (bicyclic) bond motifs is 1. The van der Waals surface area contributed by atoms with Gasteiger partial charge in [-0.3, -0.25) is 9.11 Å². The van der Waals surface area contributed by atoms with Crippen LogP contribution in [0.3, 0.4) is 0 Å². The van der Waals surface area contributed by atoms with Crippen LogP contribution in [0.1, 0.15) is 0 Å². The van der Waals surface area contributed by atoms with Crippen LogP contribution < -0.4 is 16.4 Å². The van der Waals surface area contributed by atoms with E-state index in [2.05, 4.69) is 31.1 Å². The third-order valence-corrected chi connectivity index (χ3v) is 10.7. The second-order valence-electron chi connectivity index (χ2n) is 11.9. The molecule has 282 valence electrons. The second-order valence-corrected chi connectivity index (χ2v) is 16.6. The molecular formula is C35H29N7O10S3. The Kier molecular flexibility index (Phi) is 10.3. The monoisotopic (exact) mass is 803 g/mol. The van der Waals surface area contributed by atoms with Crippen LogP contribution in [0.2, 0.25) is 0 Å². The van der Waals surface area contributed by atoms with E-state index in [1.165, 1.54) is 18.2 Å². The summed E-state index contributed by atoms with van der Waals surface area (Å²) >= 11 is 0. The molecule has 6 rings (SSSR count). The van der Waals surface area contributed by atoms with Crippen molar-refractivity contribution in [3.63, 3.8) is 0 Å². The van der Waals surface area contributed by atoms with Crippen molar-refractivity contribution in [1.82, 2.24) is 0 Å². The number of hydrogen-bond acceptors (Lipinski definition) is 15. The van der Waals surface area contributed by atoms with Crippen molar-refractivity contribution in [2.75, 3.05) is 22.6 Å². The number of phenolic OH excluding ortho intramolecular Hbond substituents is 2. The summed E-state index contributed by atoms with van der Waals surface area (Å²) < 4.78 is 93.4. The molecule has 0 aromatic heterocycles. The van der Waals surface area contributed by atoms with E-state index in [0.717, 1.165) is 36.2 Å². The van der Waals surface area contributed by atoms with Gasteiger partial charge in [-0.1, -0.05) is 18.2 Å². The van der Waals surface area contributed by atoms with E-state index in [1.807, 2.05) is 30.3 Å². The average Bonchev–Trinajstić information content (AvgIpc) is 3.11. The fourth-order valence-electron chi connectivity index (χ4n) is 5.25. The standard InChI is InChI=1S/C35H29N7O10S3/c1-53(45,46)26-15-20-16-32(55(50,51)52)34(35(44)33(20)27(36)19-26)42-40-25-12-14-29(31(18-25)54(47,48)49)38-22-7-9-23(10-8-22)39-41-28-13-11-24(17-30(28)43)37-21-5-3-2-4-6-21/h2-19,37-38,43-44H,36H2,1H3,(H,47,48,49)(H,50,51,52). The van der Waals surface area contributed by atoms with Gasteiger partial charge in [0.25, 0.3) is 20.2 Å². The Bertz CT molecular complexity index is 2870. The van der Waals surface area contributed by atoms with E-state index in [1.54, 1.807) is 36.4 Å². The van der Waals surface area contributed by atoms with E-state index in [4.69, 9.17) is 5.73 Å². The number of rotatable bonds is 11. The summed E-state index contributed by atoms with van der Waals surface area (Å²) in [5, 5.41) is 42.9. The van der Waals surface area contributed by atoms with Crippen molar-refractivity contribution in [2.45, 2.75) is 14.7 Å². The van der Waals surface area contributed by atoms with Gasteiger partial charge >= 0.3 is 0 Å². The van der Waals surface area contributed by atoms with Crippen LogP contribution in [0.15, 0.2) is 144 Å². The predicted octanol–water partition coefficient (Wildman–Crippen LogP) is 8.05. The molecule has 6 aromatic carbocycles. The molecule has 17 nitrogen and oxygen atoms in total. The molecule has 0 spiro atoms.